The summed E-state index contributed by atoms with van der Waals surface area (Å²) in [4.78, 5) is 12.4. The summed E-state index contributed by atoms with van der Waals surface area (Å²) in [6, 6.07) is 11.2. The molecule has 1 N–H and O–H groups in total. The lowest BCUT2D eigenvalue weighted by atomic mass is 9.96. The minimum absolute atomic E-state index is 0.219. The van der Waals surface area contributed by atoms with Crippen LogP contribution in [-0.4, -0.2) is 41.0 Å². The molecular formula is C28H28F3NO7. The van der Waals surface area contributed by atoms with Gasteiger partial charge in [-0.2, -0.15) is 13.2 Å². The van der Waals surface area contributed by atoms with Gasteiger partial charge in [0.25, 0.3) is 5.91 Å². The topological polar surface area (TPSA) is 84.5 Å². The smallest absolute Gasteiger partial charge is 0.416 e. The van der Waals surface area contributed by atoms with Gasteiger partial charge in [0.15, 0.2) is 18.1 Å². The number of hydrogen-bond acceptors (Lipinski definition) is 7. The van der Waals surface area contributed by atoms with Gasteiger partial charge in [-0.1, -0.05) is 0 Å². The quantitative estimate of drug-likeness (QED) is 0.361. The van der Waals surface area contributed by atoms with E-state index in [0.29, 0.717) is 47.3 Å². The molecule has 1 aliphatic rings. The standard InChI is InChI=1S/C28H28F3NO7/c1-34-22-13-19(38-15-26(33)32-18-7-5-17(6-8-18)28(29,30)31)14-23-20(22)9-10-21(39-23)16-11-24(35-2)27(37-4)25(12-16)36-3/h5-8,11-14,21H,9-10,15H2,1-4H3,(H,32,33). The maximum Gasteiger partial charge on any atom is 0.416 e. The highest BCUT2D eigenvalue weighted by Gasteiger charge is 2.30. The summed E-state index contributed by atoms with van der Waals surface area (Å²) in [5.41, 5.74) is 1.11. The average molecular weight is 548 g/mol. The van der Waals surface area contributed by atoms with Gasteiger partial charge in [0.1, 0.15) is 23.4 Å². The summed E-state index contributed by atoms with van der Waals surface area (Å²) in [7, 11) is 6.15. The highest BCUT2D eigenvalue weighted by atomic mass is 19.4. The number of halogens is 3. The Morgan fingerprint density at radius 1 is 0.923 bits per heavy atom. The lowest BCUT2D eigenvalue weighted by Crippen LogP contribution is -2.21. The molecule has 3 aromatic rings. The number of hydrogen-bond donors (Lipinski definition) is 1. The van der Waals surface area contributed by atoms with Crippen LogP contribution < -0.4 is 33.7 Å². The van der Waals surface area contributed by atoms with Crippen molar-refractivity contribution in [2.75, 3.05) is 40.4 Å². The number of ether oxygens (including phenoxy) is 6. The molecule has 0 spiro atoms. The van der Waals surface area contributed by atoms with Crippen molar-refractivity contribution < 1.29 is 46.4 Å². The summed E-state index contributed by atoms with van der Waals surface area (Å²) in [5.74, 6) is 2.38. The molecule has 1 unspecified atom stereocenters. The van der Waals surface area contributed by atoms with Crippen LogP contribution in [0.5, 0.6) is 34.5 Å². The largest absolute Gasteiger partial charge is 0.496 e. The predicted molar refractivity (Wildman–Crippen MR) is 136 cm³/mol. The number of nitrogens with one attached hydrogen (secondary N) is 1. The fraction of sp³-hybridized carbons (Fsp3) is 0.321. The maximum absolute atomic E-state index is 12.7. The maximum atomic E-state index is 12.7. The molecule has 3 aromatic carbocycles. The lowest BCUT2D eigenvalue weighted by molar-refractivity contribution is -0.137. The molecular weight excluding hydrogens is 519 g/mol. The number of carbonyl (C=O) groups excluding carboxylic acids is 1. The molecule has 0 bridgehead atoms. The second-order valence-electron chi connectivity index (χ2n) is 8.62. The monoisotopic (exact) mass is 547 g/mol. The van der Waals surface area contributed by atoms with Crippen LogP contribution in [0.3, 0.4) is 0 Å². The van der Waals surface area contributed by atoms with Crippen LogP contribution in [0.15, 0.2) is 48.5 Å². The molecule has 1 amide bonds. The summed E-state index contributed by atoms with van der Waals surface area (Å²) in [6.07, 6.45) is -3.45. The van der Waals surface area contributed by atoms with Gasteiger partial charge < -0.3 is 33.7 Å². The number of methoxy groups -OCH3 is 4. The minimum Gasteiger partial charge on any atom is -0.496 e. The van der Waals surface area contributed by atoms with Crippen molar-refractivity contribution in [3.05, 3.63) is 65.2 Å². The Hall–Kier alpha value is -4.28. The molecule has 0 aliphatic carbocycles. The van der Waals surface area contributed by atoms with E-state index in [1.807, 2.05) is 12.1 Å². The van der Waals surface area contributed by atoms with Crippen molar-refractivity contribution in [3.8, 4) is 34.5 Å². The van der Waals surface area contributed by atoms with Crippen molar-refractivity contribution in [3.63, 3.8) is 0 Å². The molecule has 1 aliphatic heterocycles. The first-order valence-electron chi connectivity index (χ1n) is 11.9. The minimum atomic E-state index is -4.45. The number of benzene rings is 3. The third-order valence-corrected chi connectivity index (χ3v) is 6.21. The summed E-state index contributed by atoms with van der Waals surface area (Å²) in [5, 5.41) is 2.51. The van der Waals surface area contributed by atoms with Gasteiger partial charge in [-0.15, -0.1) is 0 Å². The van der Waals surface area contributed by atoms with Crippen molar-refractivity contribution in [1.29, 1.82) is 0 Å². The van der Waals surface area contributed by atoms with E-state index in [4.69, 9.17) is 28.4 Å². The Kier molecular flexibility index (Phi) is 8.27. The van der Waals surface area contributed by atoms with Gasteiger partial charge in [-0.3, -0.25) is 4.79 Å². The van der Waals surface area contributed by atoms with E-state index in [2.05, 4.69) is 5.32 Å². The van der Waals surface area contributed by atoms with Crippen LogP contribution in [0.4, 0.5) is 18.9 Å². The third kappa shape index (κ3) is 6.24. The number of alkyl halides is 3. The highest BCUT2D eigenvalue weighted by Crippen LogP contribution is 2.45. The molecule has 8 nitrogen and oxygen atoms in total. The zero-order valence-corrected chi connectivity index (χ0v) is 21.8. The van der Waals surface area contributed by atoms with Gasteiger partial charge in [0, 0.05) is 23.4 Å². The average Bonchev–Trinajstić information content (AvgIpc) is 2.94. The van der Waals surface area contributed by atoms with E-state index in [0.717, 1.165) is 23.3 Å². The molecule has 0 aromatic heterocycles. The molecule has 0 saturated carbocycles. The SMILES string of the molecule is COc1cc(OCC(=O)Nc2ccc(C(F)(F)F)cc2)cc2c1CCC(c1cc(OC)c(OC)c(OC)c1)O2. The molecule has 208 valence electrons. The fourth-order valence-corrected chi connectivity index (χ4v) is 4.31. The van der Waals surface area contributed by atoms with Crippen LogP contribution in [0.1, 0.15) is 29.2 Å². The predicted octanol–water partition coefficient (Wildman–Crippen LogP) is 5.82. The summed E-state index contributed by atoms with van der Waals surface area (Å²) in [6.45, 7) is -0.376. The molecule has 4 rings (SSSR count). The van der Waals surface area contributed by atoms with E-state index in [9.17, 15) is 18.0 Å². The van der Waals surface area contributed by atoms with Crippen molar-refractivity contribution >= 4 is 11.6 Å². The first kappa shape index (κ1) is 27.7. The van der Waals surface area contributed by atoms with Crippen LogP contribution in [0, 0.1) is 0 Å². The molecule has 0 radical (unpaired) electrons. The van der Waals surface area contributed by atoms with Gasteiger partial charge >= 0.3 is 6.18 Å². The molecule has 1 atom stereocenters. The van der Waals surface area contributed by atoms with E-state index in [1.165, 1.54) is 26.4 Å². The number of amides is 1. The Balaban J connectivity index is 1.48. The number of anilines is 1. The molecule has 39 heavy (non-hydrogen) atoms. The highest BCUT2D eigenvalue weighted by molar-refractivity contribution is 5.91. The van der Waals surface area contributed by atoms with Gasteiger partial charge in [0.05, 0.1) is 34.0 Å². The number of rotatable bonds is 9. The molecule has 1 heterocycles. The van der Waals surface area contributed by atoms with E-state index in [1.54, 1.807) is 26.4 Å². The molecule has 11 heteroatoms. The summed E-state index contributed by atoms with van der Waals surface area (Å²) < 4.78 is 72.1. The Morgan fingerprint density at radius 3 is 2.13 bits per heavy atom. The van der Waals surface area contributed by atoms with Crippen LogP contribution >= 0.6 is 0 Å². The zero-order chi connectivity index (χ0) is 28.2. The van der Waals surface area contributed by atoms with E-state index in [-0.39, 0.29) is 18.4 Å². The van der Waals surface area contributed by atoms with Gasteiger partial charge in [-0.25, -0.2) is 0 Å². The van der Waals surface area contributed by atoms with Gasteiger partial charge in [0.2, 0.25) is 5.75 Å². The third-order valence-electron chi connectivity index (χ3n) is 6.21. The van der Waals surface area contributed by atoms with Crippen LogP contribution in [0.2, 0.25) is 0 Å². The van der Waals surface area contributed by atoms with E-state index >= 15 is 0 Å². The van der Waals surface area contributed by atoms with Gasteiger partial charge in [-0.05, 0) is 54.8 Å². The summed E-state index contributed by atoms with van der Waals surface area (Å²) >= 11 is 0. The number of fused-ring (bicyclic) bond motifs is 1. The molecule has 0 fully saturated rings. The normalized spacial score (nSPS) is 14.5. The Labute approximate surface area is 223 Å². The first-order valence-corrected chi connectivity index (χ1v) is 11.9. The van der Waals surface area contributed by atoms with Crippen LogP contribution in [0.25, 0.3) is 0 Å². The Bertz CT molecular complexity index is 1300. The van der Waals surface area contributed by atoms with Crippen molar-refractivity contribution in [2.45, 2.75) is 25.1 Å². The number of carbonyl (C=O) groups is 1. The zero-order valence-electron chi connectivity index (χ0n) is 21.8. The Morgan fingerprint density at radius 2 is 1.56 bits per heavy atom. The van der Waals surface area contributed by atoms with E-state index < -0.39 is 17.6 Å². The molecule has 0 saturated heterocycles. The second kappa shape index (κ2) is 11.6. The lowest BCUT2D eigenvalue weighted by Gasteiger charge is -2.29. The van der Waals surface area contributed by atoms with Crippen LogP contribution in [-0.2, 0) is 17.4 Å². The van der Waals surface area contributed by atoms with Crippen molar-refractivity contribution in [1.82, 2.24) is 0 Å². The fourth-order valence-electron chi connectivity index (χ4n) is 4.31. The second-order valence-corrected chi connectivity index (χ2v) is 8.62. The van der Waals surface area contributed by atoms with Crippen molar-refractivity contribution in [2.24, 2.45) is 0 Å². The first-order chi connectivity index (χ1) is 18.7.